The van der Waals surface area contributed by atoms with Gasteiger partial charge in [0.1, 0.15) is 0 Å². The molecule has 0 aliphatic heterocycles. The number of carbonyl (C=O) groups is 1. The number of hydrogen-bond acceptors (Lipinski definition) is 3. The van der Waals surface area contributed by atoms with Gasteiger partial charge in [-0.25, -0.2) is 0 Å². The molecule has 1 rings (SSSR count). The van der Waals surface area contributed by atoms with Crippen LogP contribution in [0.2, 0.25) is 0 Å². The molecule has 3 N–H and O–H groups in total. The van der Waals surface area contributed by atoms with Crippen molar-refractivity contribution in [1.29, 1.82) is 0 Å². The Morgan fingerprint density at radius 3 is 2.44 bits per heavy atom. The van der Waals surface area contributed by atoms with Crippen LogP contribution in [0, 0.1) is 0 Å². The fourth-order valence-electron chi connectivity index (χ4n) is 3.04. The molecular weight excluding hydrogens is 226 g/mol. The van der Waals surface area contributed by atoms with E-state index in [2.05, 4.69) is 17.1 Å². The van der Waals surface area contributed by atoms with Crippen molar-refractivity contribution in [2.75, 3.05) is 26.2 Å². The Morgan fingerprint density at radius 2 is 1.94 bits per heavy atom. The molecular formula is C14H29N3O. The first-order valence-corrected chi connectivity index (χ1v) is 7.40. The number of nitrogens with zero attached hydrogens (tertiary/aromatic N) is 1. The monoisotopic (exact) mass is 255 g/mol. The summed E-state index contributed by atoms with van der Waals surface area (Å²) in [5.41, 5.74) is 6.11. The van der Waals surface area contributed by atoms with Crippen molar-refractivity contribution < 1.29 is 4.79 Å². The van der Waals surface area contributed by atoms with Crippen LogP contribution in [0.3, 0.4) is 0 Å². The summed E-state index contributed by atoms with van der Waals surface area (Å²) in [6.07, 6.45) is 7.15. The van der Waals surface area contributed by atoms with E-state index in [0.717, 1.165) is 25.8 Å². The molecule has 0 atom stereocenters. The first-order chi connectivity index (χ1) is 8.68. The Hall–Kier alpha value is -0.610. The molecule has 18 heavy (non-hydrogen) atoms. The third-order valence-corrected chi connectivity index (χ3v) is 4.04. The lowest BCUT2D eigenvalue weighted by Crippen LogP contribution is -2.57. The van der Waals surface area contributed by atoms with Crippen LogP contribution in [0.15, 0.2) is 0 Å². The van der Waals surface area contributed by atoms with Gasteiger partial charge in [-0.1, -0.05) is 26.2 Å². The molecule has 1 fully saturated rings. The van der Waals surface area contributed by atoms with Crippen LogP contribution in [0.25, 0.3) is 0 Å². The minimum atomic E-state index is 0.0688. The van der Waals surface area contributed by atoms with Gasteiger partial charge in [-0.15, -0.1) is 0 Å². The molecule has 4 nitrogen and oxygen atoms in total. The highest BCUT2D eigenvalue weighted by atomic mass is 16.2. The molecule has 0 radical (unpaired) electrons. The highest BCUT2D eigenvalue weighted by molar-refractivity contribution is 5.78. The molecule has 106 valence electrons. The minimum Gasteiger partial charge on any atom is -0.355 e. The largest absolute Gasteiger partial charge is 0.355 e. The summed E-state index contributed by atoms with van der Waals surface area (Å²) in [4.78, 5) is 14.2. The molecule has 4 heteroatoms. The van der Waals surface area contributed by atoms with Gasteiger partial charge in [0.25, 0.3) is 0 Å². The molecule has 0 heterocycles. The van der Waals surface area contributed by atoms with Crippen molar-refractivity contribution in [3.63, 3.8) is 0 Å². The van der Waals surface area contributed by atoms with E-state index in [1.807, 2.05) is 6.92 Å². The molecule has 0 saturated heterocycles. The maximum atomic E-state index is 11.8. The second-order valence-electron chi connectivity index (χ2n) is 5.36. The smallest absolute Gasteiger partial charge is 0.234 e. The van der Waals surface area contributed by atoms with Crippen molar-refractivity contribution in [2.24, 2.45) is 5.73 Å². The van der Waals surface area contributed by atoms with Crippen molar-refractivity contribution in [1.82, 2.24) is 10.2 Å². The number of carbonyl (C=O) groups excluding carboxylic acids is 1. The SMILES string of the molecule is CCCN(CC(=O)NCC)C1(CN)CCCCC1. The van der Waals surface area contributed by atoms with Crippen LogP contribution in [0.5, 0.6) is 0 Å². The average Bonchev–Trinajstić information content (AvgIpc) is 2.39. The minimum absolute atomic E-state index is 0.0688. The van der Waals surface area contributed by atoms with E-state index in [-0.39, 0.29) is 11.4 Å². The van der Waals surface area contributed by atoms with Crippen molar-refractivity contribution in [3.05, 3.63) is 0 Å². The molecule has 0 aromatic heterocycles. The summed E-state index contributed by atoms with van der Waals surface area (Å²) >= 11 is 0. The molecule has 0 aromatic carbocycles. The second kappa shape index (κ2) is 7.74. The second-order valence-corrected chi connectivity index (χ2v) is 5.36. The highest BCUT2D eigenvalue weighted by Crippen LogP contribution is 2.32. The number of nitrogens with two attached hydrogens (primary N) is 1. The summed E-state index contributed by atoms with van der Waals surface area (Å²) in [7, 11) is 0. The number of hydrogen-bond donors (Lipinski definition) is 2. The van der Waals surface area contributed by atoms with Gasteiger partial charge in [-0.3, -0.25) is 9.69 Å². The fourth-order valence-corrected chi connectivity index (χ4v) is 3.04. The normalized spacial score (nSPS) is 18.9. The third-order valence-electron chi connectivity index (χ3n) is 4.04. The van der Waals surface area contributed by atoms with Crippen LogP contribution in [-0.2, 0) is 4.79 Å². The fraction of sp³-hybridized carbons (Fsp3) is 0.929. The van der Waals surface area contributed by atoms with Gasteiger partial charge in [0.05, 0.1) is 6.54 Å². The van der Waals surface area contributed by atoms with Crippen molar-refractivity contribution >= 4 is 5.91 Å². The quantitative estimate of drug-likeness (QED) is 0.725. The van der Waals surface area contributed by atoms with E-state index in [1.165, 1.54) is 19.3 Å². The van der Waals surface area contributed by atoms with Crippen LogP contribution in [0.1, 0.15) is 52.4 Å². The van der Waals surface area contributed by atoms with Crippen LogP contribution in [0.4, 0.5) is 0 Å². The van der Waals surface area contributed by atoms with Gasteiger partial charge in [0.2, 0.25) is 5.91 Å². The topological polar surface area (TPSA) is 58.4 Å². The van der Waals surface area contributed by atoms with E-state index in [4.69, 9.17) is 5.73 Å². The van der Waals surface area contributed by atoms with Gasteiger partial charge in [0.15, 0.2) is 0 Å². The van der Waals surface area contributed by atoms with Gasteiger partial charge in [-0.2, -0.15) is 0 Å². The standard InChI is InChI=1S/C14H29N3O/c1-3-10-17(11-13(18)16-4-2)14(12-15)8-6-5-7-9-14/h3-12,15H2,1-2H3,(H,16,18). The number of likely N-dealkylation sites (N-methyl/N-ethyl adjacent to an activating group) is 1. The highest BCUT2D eigenvalue weighted by Gasteiger charge is 2.36. The molecule has 0 spiro atoms. The maximum Gasteiger partial charge on any atom is 0.234 e. The third kappa shape index (κ3) is 3.95. The van der Waals surface area contributed by atoms with Crippen LogP contribution < -0.4 is 11.1 Å². The predicted molar refractivity (Wildman–Crippen MR) is 75.4 cm³/mol. The Bertz CT molecular complexity index is 249. The summed E-state index contributed by atoms with van der Waals surface area (Å²) in [5.74, 6) is 0.129. The number of amides is 1. The van der Waals surface area contributed by atoms with E-state index in [9.17, 15) is 4.79 Å². The van der Waals surface area contributed by atoms with Crippen LogP contribution in [-0.4, -0.2) is 42.5 Å². The van der Waals surface area contributed by atoms with Gasteiger partial charge in [0, 0.05) is 18.6 Å². The molecule has 0 bridgehead atoms. The maximum absolute atomic E-state index is 11.8. The Kier molecular flexibility index (Phi) is 6.65. The summed E-state index contributed by atoms with van der Waals surface area (Å²) in [6, 6.07) is 0. The zero-order chi connectivity index (χ0) is 13.4. The first kappa shape index (κ1) is 15.4. The predicted octanol–water partition coefficient (Wildman–Crippen LogP) is 1.50. The zero-order valence-electron chi connectivity index (χ0n) is 12.0. The lowest BCUT2D eigenvalue weighted by atomic mass is 9.80. The summed E-state index contributed by atoms with van der Waals surface area (Å²) < 4.78 is 0. The van der Waals surface area contributed by atoms with E-state index in [0.29, 0.717) is 19.6 Å². The molecule has 0 unspecified atom stereocenters. The van der Waals surface area contributed by atoms with Gasteiger partial charge >= 0.3 is 0 Å². The van der Waals surface area contributed by atoms with E-state index < -0.39 is 0 Å². The molecule has 1 saturated carbocycles. The van der Waals surface area contributed by atoms with Gasteiger partial charge < -0.3 is 11.1 Å². The lowest BCUT2D eigenvalue weighted by molar-refractivity contribution is -0.124. The molecule has 1 aliphatic rings. The van der Waals surface area contributed by atoms with E-state index >= 15 is 0 Å². The number of rotatable bonds is 7. The molecule has 0 aromatic rings. The summed E-state index contributed by atoms with van der Waals surface area (Å²) in [5, 5.41) is 2.89. The average molecular weight is 255 g/mol. The molecule has 1 aliphatic carbocycles. The van der Waals surface area contributed by atoms with Crippen molar-refractivity contribution in [2.45, 2.75) is 57.9 Å². The summed E-state index contributed by atoms with van der Waals surface area (Å²) in [6.45, 7) is 6.97. The number of nitrogens with one attached hydrogen (secondary N) is 1. The Morgan fingerprint density at radius 1 is 1.28 bits per heavy atom. The first-order valence-electron chi connectivity index (χ1n) is 7.40. The Balaban J connectivity index is 2.70. The Labute approximate surface area is 111 Å². The lowest BCUT2D eigenvalue weighted by Gasteiger charge is -2.45. The zero-order valence-corrected chi connectivity index (χ0v) is 12.0. The van der Waals surface area contributed by atoms with E-state index in [1.54, 1.807) is 0 Å². The van der Waals surface area contributed by atoms with Crippen LogP contribution >= 0.6 is 0 Å². The van der Waals surface area contributed by atoms with Gasteiger partial charge in [-0.05, 0) is 32.7 Å². The molecule has 1 amide bonds. The van der Waals surface area contributed by atoms with Crippen molar-refractivity contribution in [3.8, 4) is 0 Å².